The summed E-state index contributed by atoms with van der Waals surface area (Å²) >= 11 is 0. The van der Waals surface area contributed by atoms with E-state index in [0.717, 1.165) is 17.7 Å². The fourth-order valence-electron chi connectivity index (χ4n) is 3.24. The van der Waals surface area contributed by atoms with Gasteiger partial charge in [-0.2, -0.15) is 0 Å². The fourth-order valence-corrected chi connectivity index (χ4v) is 3.24. The summed E-state index contributed by atoms with van der Waals surface area (Å²) in [5.74, 6) is -1.21. The quantitative estimate of drug-likeness (QED) is 0.446. The van der Waals surface area contributed by atoms with Crippen LogP contribution in [0.3, 0.4) is 0 Å². The van der Waals surface area contributed by atoms with Gasteiger partial charge in [0.05, 0.1) is 0 Å². The first-order valence-electron chi connectivity index (χ1n) is 11.0. The molecule has 3 amide bonds. The lowest BCUT2D eigenvalue weighted by Crippen LogP contribution is -2.54. The first kappa shape index (κ1) is 27.0. The Labute approximate surface area is 192 Å². The zero-order chi connectivity index (χ0) is 24.5. The summed E-state index contributed by atoms with van der Waals surface area (Å²) < 4.78 is 5.30. The maximum Gasteiger partial charge on any atom is 0.408 e. The molecule has 0 aliphatic heterocycles. The lowest BCUT2D eigenvalue weighted by Gasteiger charge is -2.32. The van der Waals surface area contributed by atoms with Crippen LogP contribution >= 0.6 is 0 Å². The van der Waals surface area contributed by atoms with Crippen LogP contribution in [0.5, 0.6) is 0 Å². The second-order valence-electron chi connectivity index (χ2n) is 9.22. The van der Waals surface area contributed by atoms with Gasteiger partial charge in [0.15, 0.2) is 0 Å². The Balaban J connectivity index is 3.27. The van der Waals surface area contributed by atoms with Crippen LogP contribution < -0.4 is 10.6 Å². The van der Waals surface area contributed by atoms with Gasteiger partial charge in [0.2, 0.25) is 5.91 Å². The molecule has 1 rings (SSSR count). The maximum absolute atomic E-state index is 13.5. The number of nitrogens with one attached hydrogen (secondary N) is 2. The Morgan fingerprint density at radius 1 is 1.09 bits per heavy atom. The molecule has 0 saturated carbocycles. The Bertz CT molecular complexity index is 809. The predicted molar refractivity (Wildman–Crippen MR) is 125 cm³/mol. The van der Waals surface area contributed by atoms with Crippen molar-refractivity contribution in [1.29, 1.82) is 0 Å². The highest BCUT2D eigenvalue weighted by Crippen LogP contribution is 2.23. The number of ether oxygens (including phenoxy) is 1. The summed E-state index contributed by atoms with van der Waals surface area (Å²) in [6.07, 6.45) is 6.72. The summed E-state index contributed by atoms with van der Waals surface area (Å²) in [6.45, 7) is 12.7. The number of benzene rings is 1. The molecule has 0 aromatic heterocycles. The Morgan fingerprint density at radius 2 is 1.69 bits per heavy atom. The van der Waals surface area contributed by atoms with Crippen molar-refractivity contribution in [2.24, 2.45) is 5.92 Å². The molecule has 0 bridgehead atoms. The van der Waals surface area contributed by atoms with Gasteiger partial charge < -0.3 is 15.4 Å². The standard InChI is InChI=1S/C25H37N3O4/c1-9-14-18(5)26-22(29)21(19-15-12-11-13-16-19)28(10-2)23(30)20(17(3)4)27-24(31)32-25(6,7)8/h2,11-13,15-18,20-21H,9,14H2,1,3-8H3,(H,26,29)(H,27,31). The van der Waals surface area contributed by atoms with Crippen LogP contribution in [0.4, 0.5) is 4.79 Å². The molecule has 176 valence electrons. The minimum atomic E-state index is -1.03. The van der Waals surface area contributed by atoms with Crippen LogP contribution in [-0.4, -0.2) is 40.5 Å². The normalized spacial score (nSPS) is 14.0. The van der Waals surface area contributed by atoms with Crippen molar-refractivity contribution in [2.75, 3.05) is 0 Å². The first-order chi connectivity index (χ1) is 14.9. The Hall–Kier alpha value is -3.01. The molecule has 2 N–H and O–H groups in total. The van der Waals surface area contributed by atoms with Crippen molar-refractivity contribution in [3.8, 4) is 12.5 Å². The van der Waals surface area contributed by atoms with Gasteiger partial charge in [-0.25, -0.2) is 4.79 Å². The van der Waals surface area contributed by atoms with E-state index in [1.54, 1.807) is 58.9 Å². The van der Waals surface area contributed by atoms with Crippen LogP contribution in [0.15, 0.2) is 30.3 Å². The molecule has 0 saturated heterocycles. The van der Waals surface area contributed by atoms with Crippen molar-refractivity contribution in [3.63, 3.8) is 0 Å². The molecule has 0 heterocycles. The van der Waals surface area contributed by atoms with Crippen molar-refractivity contribution in [1.82, 2.24) is 15.5 Å². The number of alkyl carbamates (subject to hydrolysis) is 1. The second kappa shape index (κ2) is 12.1. The van der Waals surface area contributed by atoms with E-state index < -0.39 is 29.7 Å². The van der Waals surface area contributed by atoms with E-state index in [1.165, 1.54) is 0 Å². The molecule has 3 atom stereocenters. The number of rotatable bonds is 9. The summed E-state index contributed by atoms with van der Waals surface area (Å²) in [7, 11) is 0. The zero-order valence-corrected chi connectivity index (χ0v) is 20.3. The Morgan fingerprint density at radius 3 is 2.16 bits per heavy atom. The third-order valence-corrected chi connectivity index (χ3v) is 4.71. The third kappa shape index (κ3) is 8.26. The number of hydrogen-bond acceptors (Lipinski definition) is 4. The van der Waals surface area contributed by atoms with Crippen molar-refractivity contribution in [2.45, 2.75) is 85.0 Å². The van der Waals surface area contributed by atoms with Gasteiger partial charge in [-0.3, -0.25) is 14.5 Å². The van der Waals surface area contributed by atoms with Gasteiger partial charge in [-0.15, -0.1) is 0 Å². The van der Waals surface area contributed by atoms with Crippen molar-refractivity contribution in [3.05, 3.63) is 35.9 Å². The molecule has 32 heavy (non-hydrogen) atoms. The number of terminal acetylenes is 1. The highest BCUT2D eigenvalue weighted by molar-refractivity contribution is 5.93. The molecular weight excluding hydrogens is 406 g/mol. The van der Waals surface area contributed by atoms with E-state index in [4.69, 9.17) is 11.2 Å². The molecule has 0 radical (unpaired) electrons. The number of carbonyl (C=O) groups is 3. The van der Waals surface area contributed by atoms with Gasteiger partial charge in [-0.05, 0) is 45.6 Å². The van der Waals surface area contributed by atoms with E-state index in [1.807, 2.05) is 19.9 Å². The molecule has 7 nitrogen and oxygen atoms in total. The van der Waals surface area contributed by atoms with Crippen LogP contribution in [0.2, 0.25) is 0 Å². The molecule has 7 heteroatoms. The minimum absolute atomic E-state index is 0.0748. The highest BCUT2D eigenvalue weighted by Gasteiger charge is 2.37. The molecule has 0 aliphatic rings. The summed E-state index contributed by atoms with van der Waals surface area (Å²) in [4.78, 5) is 40.1. The average Bonchev–Trinajstić information content (AvgIpc) is 2.68. The smallest absolute Gasteiger partial charge is 0.408 e. The van der Waals surface area contributed by atoms with Gasteiger partial charge in [0, 0.05) is 12.1 Å². The molecule has 1 aromatic rings. The molecule has 0 spiro atoms. The largest absolute Gasteiger partial charge is 0.444 e. The Kier molecular flexibility index (Phi) is 10.2. The summed E-state index contributed by atoms with van der Waals surface area (Å²) in [5, 5.41) is 5.56. The molecule has 1 aromatic carbocycles. The van der Waals surface area contributed by atoms with Gasteiger partial charge >= 0.3 is 6.09 Å². The van der Waals surface area contributed by atoms with Gasteiger partial charge in [-0.1, -0.05) is 63.9 Å². The average molecular weight is 444 g/mol. The molecular formula is C25H37N3O4. The SMILES string of the molecule is C#CN(C(=O)C(NC(=O)OC(C)(C)C)C(C)C)C(C(=O)NC(C)CCC)c1ccccc1. The lowest BCUT2D eigenvalue weighted by atomic mass is 9.99. The van der Waals surface area contributed by atoms with Crippen molar-refractivity contribution >= 4 is 17.9 Å². The molecule has 3 unspecified atom stereocenters. The monoisotopic (exact) mass is 443 g/mol. The van der Waals surface area contributed by atoms with Crippen LogP contribution in [-0.2, 0) is 14.3 Å². The van der Waals surface area contributed by atoms with E-state index in [2.05, 4.69) is 16.7 Å². The van der Waals surface area contributed by atoms with E-state index >= 15 is 0 Å². The first-order valence-corrected chi connectivity index (χ1v) is 11.0. The topological polar surface area (TPSA) is 87.7 Å². The van der Waals surface area contributed by atoms with E-state index in [-0.39, 0.29) is 17.9 Å². The number of nitrogens with zero attached hydrogens (tertiary/aromatic N) is 1. The summed E-state index contributed by atoms with van der Waals surface area (Å²) in [6, 6.07) is 9.18. The maximum atomic E-state index is 13.5. The number of carbonyl (C=O) groups excluding carboxylic acids is 3. The third-order valence-electron chi connectivity index (χ3n) is 4.71. The van der Waals surface area contributed by atoms with Crippen LogP contribution in [0.25, 0.3) is 0 Å². The zero-order valence-electron chi connectivity index (χ0n) is 20.3. The van der Waals surface area contributed by atoms with E-state index in [9.17, 15) is 14.4 Å². The van der Waals surface area contributed by atoms with Gasteiger partial charge in [0.1, 0.15) is 17.7 Å². The summed E-state index contributed by atoms with van der Waals surface area (Å²) in [5.41, 5.74) is -0.137. The van der Waals surface area contributed by atoms with Crippen LogP contribution in [0, 0.1) is 18.4 Å². The molecule has 0 fully saturated rings. The lowest BCUT2D eigenvalue weighted by molar-refractivity contribution is -0.139. The number of hydrogen-bond donors (Lipinski definition) is 2. The second-order valence-corrected chi connectivity index (χ2v) is 9.22. The fraction of sp³-hybridized carbons (Fsp3) is 0.560. The van der Waals surface area contributed by atoms with E-state index in [0.29, 0.717) is 5.56 Å². The highest BCUT2D eigenvalue weighted by atomic mass is 16.6. The molecule has 0 aliphatic carbocycles. The van der Waals surface area contributed by atoms with Gasteiger partial charge in [0.25, 0.3) is 5.91 Å². The minimum Gasteiger partial charge on any atom is -0.444 e. The number of amides is 3. The predicted octanol–water partition coefficient (Wildman–Crippen LogP) is 4.00. The van der Waals surface area contributed by atoms with Crippen molar-refractivity contribution < 1.29 is 19.1 Å². The van der Waals surface area contributed by atoms with Crippen LogP contribution in [0.1, 0.15) is 72.9 Å².